The zero-order valence-electron chi connectivity index (χ0n) is 9.04. The van der Waals surface area contributed by atoms with Gasteiger partial charge in [0, 0.05) is 6.20 Å². The summed E-state index contributed by atoms with van der Waals surface area (Å²) in [7, 11) is 0. The first-order chi connectivity index (χ1) is 8.20. The van der Waals surface area contributed by atoms with E-state index in [1.807, 2.05) is 6.92 Å². The lowest BCUT2D eigenvalue weighted by molar-refractivity contribution is 0.102. The summed E-state index contributed by atoms with van der Waals surface area (Å²) in [5, 5.41) is 21.0. The van der Waals surface area contributed by atoms with Gasteiger partial charge in [-0.05, 0) is 12.5 Å². The fourth-order valence-corrected chi connectivity index (χ4v) is 1.86. The van der Waals surface area contributed by atoms with E-state index in [0.717, 1.165) is 11.4 Å². The number of hydrogen-bond donors (Lipinski definition) is 2. The Morgan fingerprint density at radius 3 is 3.00 bits per heavy atom. The summed E-state index contributed by atoms with van der Waals surface area (Å²) in [6, 6.07) is 1.44. The average molecular weight is 250 g/mol. The van der Waals surface area contributed by atoms with E-state index in [-0.39, 0.29) is 11.3 Å². The summed E-state index contributed by atoms with van der Waals surface area (Å²) in [5.41, 5.74) is 0.160. The Kier molecular flexibility index (Phi) is 3.29. The molecule has 6 nitrogen and oxygen atoms in total. The van der Waals surface area contributed by atoms with Gasteiger partial charge in [-0.2, -0.15) is 0 Å². The molecule has 0 radical (unpaired) electrons. The van der Waals surface area contributed by atoms with Crippen molar-refractivity contribution in [1.82, 2.24) is 15.2 Å². The van der Waals surface area contributed by atoms with Gasteiger partial charge in [-0.3, -0.25) is 15.1 Å². The highest BCUT2D eigenvalue weighted by molar-refractivity contribution is 7.15. The second-order valence-corrected chi connectivity index (χ2v) is 4.26. The highest BCUT2D eigenvalue weighted by Crippen LogP contribution is 2.19. The van der Waals surface area contributed by atoms with Gasteiger partial charge < -0.3 is 5.11 Å². The van der Waals surface area contributed by atoms with Crippen molar-refractivity contribution in [3.63, 3.8) is 0 Å². The molecule has 1 amide bonds. The molecule has 2 N–H and O–H groups in total. The van der Waals surface area contributed by atoms with E-state index in [2.05, 4.69) is 20.5 Å². The van der Waals surface area contributed by atoms with Gasteiger partial charge in [0.1, 0.15) is 10.8 Å². The number of anilines is 1. The molecular formula is C10H10N4O2S. The molecule has 0 unspecified atom stereocenters. The van der Waals surface area contributed by atoms with E-state index in [1.54, 1.807) is 0 Å². The Bertz CT molecular complexity index is 541. The van der Waals surface area contributed by atoms with Crippen LogP contribution in [0.5, 0.6) is 5.75 Å². The number of rotatable bonds is 3. The minimum Gasteiger partial charge on any atom is -0.505 e. The Hall–Kier alpha value is -2.02. The number of carbonyl (C=O) groups excluding carboxylic acids is 1. The fraction of sp³-hybridized carbons (Fsp3) is 0.200. The van der Waals surface area contributed by atoms with Crippen LogP contribution >= 0.6 is 11.3 Å². The number of aryl methyl sites for hydroxylation is 1. The molecule has 0 saturated carbocycles. The third-order valence-corrected chi connectivity index (χ3v) is 3.02. The summed E-state index contributed by atoms with van der Waals surface area (Å²) in [6.07, 6.45) is 3.42. The van der Waals surface area contributed by atoms with E-state index in [9.17, 15) is 9.90 Å². The SMILES string of the molecule is CCc1nnc(NC(=O)c2ccncc2O)s1. The van der Waals surface area contributed by atoms with Gasteiger partial charge in [0.25, 0.3) is 5.91 Å². The van der Waals surface area contributed by atoms with E-state index in [1.165, 1.54) is 29.8 Å². The van der Waals surface area contributed by atoms with E-state index in [4.69, 9.17) is 0 Å². The molecule has 0 aliphatic rings. The largest absolute Gasteiger partial charge is 0.505 e. The number of aromatic hydroxyl groups is 1. The molecule has 7 heteroatoms. The second-order valence-electron chi connectivity index (χ2n) is 3.20. The van der Waals surface area contributed by atoms with Crippen LogP contribution in [0.1, 0.15) is 22.3 Å². The van der Waals surface area contributed by atoms with E-state index in [0.29, 0.717) is 5.13 Å². The molecule has 0 fully saturated rings. The van der Waals surface area contributed by atoms with Crippen molar-refractivity contribution in [3.8, 4) is 5.75 Å². The number of pyridine rings is 1. The Labute approximate surface area is 101 Å². The van der Waals surface area contributed by atoms with Crippen LogP contribution in [-0.4, -0.2) is 26.2 Å². The van der Waals surface area contributed by atoms with Crippen molar-refractivity contribution in [2.24, 2.45) is 0 Å². The Morgan fingerprint density at radius 1 is 1.53 bits per heavy atom. The lowest BCUT2D eigenvalue weighted by Gasteiger charge is -2.02. The summed E-state index contributed by atoms with van der Waals surface area (Å²) < 4.78 is 0. The van der Waals surface area contributed by atoms with Gasteiger partial charge >= 0.3 is 0 Å². The van der Waals surface area contributed by atoms with Crippen LogP contribution in [0, 0.1) is 0 Å². The molecule has 0 aliphatic carbocycles. The van der Waals surface area contributed by atoms with Gasteiger partial charge in [-0.15, -0.1) is 10.2 Å². The third-order valence-electron chi connectivity index (χ3n) is 2.03. The van der Waals surface area contributed by atoms with Gasteiger partial charge in [0.2, 0.25) is 5.13 Å². The summed E-state index contributed by atoms with van der Waals surface area (Å²) in [5.74, 6) is -0.589. The van der Waals surface area contributed by atoms with E-state index >= 15 is 0 Å². The molecule has 0 spiro atoms. The van der Waals surface area contributed by atoms with Gasteiger partial charge in [0.05, 0.1) is 11.8 Å². The molecule has 2 aromatic heterocycles. The second kappa shape index (κ2) is 4.88. The molecule has 88 valence electrons. The van der Waals surface area contributed by atoms with Crippen molar-refractivity contribution in [3.05, 3.63) is 29.0 Å². The highest BCUT2D eigenvalue weighted by Gasteiger charge is 2.13. The normalized spacial score (nSPS) is 10.2. The van der Waals surface area contributed by atoms with Crippen LogP contribution in [0.15, 0.2) is 18.5 Å². The standard InChI is InChI=1S/C10H10N4O2S/c1-2-8-13-14-10(17-8)12-9(16)6-3-4-11-5-7(6)15/h3-5,15H,2H2,1H3,(H,12,14,16). The zero-order chi connectivity index (χ0) is 12.3. The van der Waals surface area contributed by atoms with Crippen molar-refractivity contribution in [1.29, 1.82) is 0 Å². The van der Waals surface area contributed by atoms with Crippen LogP contribution in [0.25, 0.3) is 0 Å². The molecular weight excluding hydrogens is 240 g/mol. The maximum atomic E-state index is 11.8. The minimum absolute atomic E-state index is 0.160. The molecule has 0 saturated heterocycles. The molecule has 0 aromatic carbocycles. The molecule has 0 aliphatic heterocycles. The first-order valence-electron chi connectivity index (χ1n) is 4.97. The number of hydrogen-bond acceptors (Lipinski definition) is 6. The first-order valence-corrected chi connectivity index (χ1v) is 5.79. The average Bonchev–Trinajstić information content (AvgIpc) is 2.77. The monoisotopic (exact) mass is 250 g/mol. The fourth-order valence-electron chi connectivity index (χ4n) is 1.19. The van der Waals surface area contributed by atoms with Gasteiger partial charge in [-0.1, -0.05) is 18.3 Å². The lowest BCUT2D eigenvalue weighted by atomic mass is 10.2. The summed E-state index contributed by atoms with van der Waals surface area (Å²) in [6.45, 7) is 1.96. The minimum atomic E-state index is -0.427. The van der Waals surface area contributed by atoms with Crippen molar-refractivity contribution in [2.75, 3.05) is 5.32 Å². The van der Waals surface area contributed by atoms with Crippen LogP contribution in [0.3, 0.4) is 0 Å². The summed E-state index contributed by atoms with van der Waals surface area (Å²) in [4.78, 5) is 15.5. The van der Waals surface area contributed by atoms with Crippen molar-refractivity contribution < 1.29 is 9.90 Å². The topological polar surface area (TPSA) is 88.0 Å². The Morgan fingerprint density at radius 2 is 2.35 bits per heavy atom. The van der Waals surface area contributed by atoms with Crippen molar-refractivity contribution >= 4 is 22.4 Å². The molecule has 0 atom stereocenters. The number of aromatic nitrogens is 3. The first kappa shape index (κ1) is 11.5. The molecule has 2 aromatic rings. The third kappa shape index (κ3) is 2.56. The quantitative estimate of drug-likeness (QED) is 0.860. The number of nitrogens with one attached hydrogen (secondary N) is 1. The van der Waals surface area contributed by atoms with Gasteiger partial charge in [0.15, 0.2) is 0 Å². The van der Waals surface area contributed by atoms with Crippen LogP contribution < -0.4 is 5.32 Å². The number of nitrogens with zero attached hydrogens (tertiary/aromatic N) is 3. The lowest BCUT2D eigenvalue weighted by Crippen LogP contribution is -2.11. The molecule has 17 heavy (non-hydrogen) atoms. The number of amides is 1. The van der Waals surface area contributed by atoms with Crippen LogP contribution in [0.4, 0.5) is 5.13 Å². The van der Waals surface area contributed by atoms with Gasteiger partial charge in [-0.25, -0.2) is 0 Å². The number of carbonyl (C=O) groups is 1. The van der Waals surface area contributed by atoms with E-state index < -0.39 is 5.91 Å². The summed E-state index contributed by atoms with van der Waals surface area (Å²) >= 11 is 1.31. The Balaban J connectivity index is 2.14. The maximum Gasteiger partial charge on any atom is 0.261 e. The maximum absolute atomic E-state index is 11.8. The van der Waals surface area contributed by atoms with Crippen LogP contribution in [-0.2, 0) is 6.42 Å². The predicted octanol–water partition coefficient (Wildman–Crippen LogP) is 1.45. The van der Waals surface area contributed by atoms with Crippen LogP contribution in [0.2, 0.25) is 0 Å². The molecule has 2 heterocycles. The predicted molar refractivity (Wildman–Crippen MR) is 63.1 cm³/mol. The zero-order valence-corrected chi connectivity index (χ0v) is 9.86. The molecule has 0 bridgehead atoms. The smallest absolute Gasteiger partial charge is 0.261 e. The van der Waals surface area contributed by atoms with Crippen molar-refractivity contribution in [2.45, 2.75) is 13.3 Å². The highest BCUT2D eigenvalue weighted by atomic mass is 32.1. The molecule has 2 rings (SSSR count).